The molecule has 7 heteroatoms. The number of fused-ring (bicyclic) bond motifs is 1. The quantitative estimate of drug-likeness (QED) is 0.882. The van der Waals surface area contributed by atoms with Crippen molar-refractivity contribution in [1.82, 2.24) is 9.88 Å². The molecule has 2 aliphatic heterocycles. The van der Waals surface area contributed by atoms with Gasteiger partial charge in [0, 0.05) is 38.1 Å². The second-order valence-electron chi connectivity index (χ2n) is 7.29. The highest BCUT2D eigenvalue weighted by molar-refractivity contribution is 7.08. The summed E-state index contributed by atoms with van der Waals surface area (Å²) in [5.74, 6) is 1.26. The molecule has 2 saturated heterocycles. The predicted molar refractivity (Wildman–Crippen MR) is 107 cm³/mol. The maximum absolute atomic E-state index is 12.8. The van der Waals surface area contributed by atoms with E-state index < -0.39 is 0 Å². The fraction of sp³-hybridized carbons (Fsp3) is 0.450. The van der Waals surface area contributed by atoms with Crippen molar-refractivity contribution < 1.29 is 9.59 Å². The van der Waals surface area contributed by atoms with Crippen LogP contribution in [0, 0.1) is 5.92 Å². The minimum absolute atomic E-state index is 0.101. The van der Waals surface area contributed by atoms with Gasteiger partial charge in [-0.15, -0.1) is 0 Å². The molecule has 0 aliphatic carbocycles. The molecule has 0 bridgehead atoms. The Bertz CT molecular complexity index is 823. The Morgan fingerprint density at radius 2 is 2.15 bits per heavy atom. The minimum Gasteiger partial charge on any atom is -0.350 e. The molecule has 0 saturated carbocycles. The highest BCUT2D eigenvalue weighted by atomic mass is 32.1. The van der Waals surface area contributed by atoms with Crippen LogP contribution in [0.25, 0.3) is 0 Å². The fourth-order valence-corrected chi connectivity index (χ4v) is 4.89. The third kappa shape index (κ3) is 3.69. The first-order chi connectivity index (χ1) is 13.1. The van der Waals surface area contributed by atoms with Crippen LogP contribution in [0.4, 0.5) is 11.5 Å². The lowest BCUT2D eigenvalue weighted by atomic mass is 9.98. The number of hydrogen-bond donors (Lipinski definition) is 1. The van der Waals surface area contributed by atoms with Crippen molar-refractivity contribution in [2.75, 3.05) is 29.9 Å². The molecule has 0 spiro atoms. The zero-order chi connectivity index (χ0) is 18.8. The second kappa shape index (κ2) is 7.68. The Balaban J connectivity index is 1.61. The molecule has 6 nitrogen and oxygen atoms in total. The third-order valence-electron chi connectivity index (χ3n) is 5.46. The number of amides is 2. The average Bonchev–Trinajstić information content (AvgIpc) is 3.29. The first kappa shape index (κ1) is 18.0. The van der Waals surface area contributed by atoms with Crippen LogP contribution >= 0.6 is 11.3 Å². The molecule has 4 heterocycles. The van der Waals surface area contributed by atoms with Gasteiger partial charge in [-0.3, -0.25) is 9.59 Å². The predicted octanol–water partition coefficient (Wildman–Crippen LogP) is 3.23. The van der Waals surface area contributed by atoms with E-state index in [-0.39, 0.29) is 17.9 Å². The molecule has 2 aromatic rings. The van der Waals surface area contributed by atoms with E-state index in [4.69, 9.17) is 0 Å². The van der Waals surface area contributed by atoms with Crippen molar-refractivity contribution >= 4 is 34.7 Å². The summed E-state index contributed by atoms with van der Waals surface area (Å²) in [7, 11) is 0. The molecular formula is C20H24N4O2S. The number of pyridine rings is 1. The van der Waals surface area contributed by atoms with Crippen molar-refractivity contribution in [1.29, 1.82) is 0 Å². The van der Waals surface area contributed by atoms with Gasteiger partial charge in [-0.1, -0.05) is 6.42 Å². The summed E-state index contributed by atoms with van der Waals surface area (Å²) < 4.78 is 0. The van der Waals surface area contributed by atoms with Gasteiger partial charge < -0.3 is 15.1 Å². The lowest BCUT2D eigenvalue weighted by Crippen LogP contribution is -2.42. The molecule has 2 fully saturated rings. The van der Waals surface area contributed by atoms with Crippen molar-refractivity contribution in [2.45, 2.75) is 32.2 Å². The van der Waals surface area contributed by atoms with E-state index in [1.807, 2.05) is 33.9 Å². The molecular weight excluding hydrogens is 360 g/mol. The minimum atomic E-state index is -0.101. The van der Waals surface area contributed by atoms with Gasteiger partial charge in [-0.25, -0.2) is 4.98 Å². The van der Waals surface area contributed by atoms with Crippen LogP contribution in [0.2, 0.25) is 0 Å². The van der Waals surface area contributed by atoms with E-state index in [2.05, 4.69) is 15.2 Å². The number of carbonyl (C=O) groups is 2. The summed E-state index contributed by atoms with van der Waals surface area (Å²) in [6.07, 6.45) is 5.14. The molecule has 2 aliphatic rings. The summed E-state index contributed by atoms with van der Waals surface area (Å²) in [6, 6.07) is 5.86. The number of thiophene rings is 1. The van der Waals surface area contributed by atoms with Crippen LogP contribution in [0.3, 0.4) is 0 Å². The maximum atomic E-state index is 12.8. The van der Waals surface area contributed by atoms with Gasteiger partial charge in [0.05, 0.1) is 17.3 Å². The van der Waals surface area contributed by atoms with Crippen LogP contribution in [0.5, 0.6) is 0 Å². The van der Waals surface area contributed by atoms with Gasteiger partial charge in [0.15, 0.2) is 5.82 Å². The number of rotatable bonds is 3. The number of nitrogens with one attached hydrogen (secondary N) is 1. The normalized spacial score (nSPS) is 22.3. The van der Waals surface area contributed by atoms with Crippen LogP contribution in [0.1, 0.15) is 36.5 Å². The van der Waals surface area contributed by atoms with E-state index in [9.17, 15) is 9.59 Å². The SMILES string of the molecule is CC(=O)Nc1cccnc1N1CCCC[C@@H]2CN(C(=O)c3ccsc3)C[C@@H]21. The summed E-state index contributed by atoms with van der Waals surface area (Å²) in [4.78, 5) is 33.3. The highest BCUT2D eigenvalue weighted by Crippen LogP contribution is 2.35. The number of anilines is 2. The summed E-state index contributed by atoms with van der Waals surface area (Å²) in [6.45, 7) is 3.90. The van der Waals surface area contributed by atoms with E-state index in [0.717, 1.165) is 49.4 Å². The van der Waals surface area contributed by atoms with Crippen molar-refractivity contribution in [3.63, 3.8) is 0 Å². The van der Waals surface area contributed by atoms with Gasteiger partial charge in [0.2, 0.25) is 5.91 Å². The average molecular weight is 385 g/mol. The van der Waals surface area contributed by atoms with Gasteiger partial charge in [-0.05, 0) is 42.3 Å². The Kier molecular flexibility index (Phi) is 5.11. The molecule has 0 aromatic carbocycles. The molecule has 27 heavy (non-hydrogen) atoms. The van der Waals surface area contributed by atoms with Crippen LogP contribution in [0.15, 0.2) is 35.2 Å². The van der Waals surface area contributed by atoms with E-state index in [1.54, 1.807) is 17.5 Å². The van der Waals surface area contributed by atoms with Crippen LogP contribution in [-0.2, 0) is 4.79 Å². The maximum Gasteiger partial charge on any atom is 0.254 e. The Hall–Kier alpha value is -2.41. The van der Waals surface area contributed by atoms with Gasteiger partial charge in [0.25, 0.3) is 5.91 Å². The van der Waals surface area contributed by atoms with E-state index in [0.29, 0.717) is 12.5 Å². The van der Waals surface area contributed by atoms with Crippen molar-refractivity contribution in [2.24, 2.45) is 5.92 Å². The fourth-order valence-electron chi connectivity index (χ4n) is 4.26. The lowest BCUT2D eigenvalue weighted by Gasteiger charge is -2.32. The molecule has 1 N–H and O–H groups in total. The molecule has 0 unspecified atom stereocenters. The van der Waals surface area contributed by atoms with Gasteiger partial charge in [-0.2, -0.15) is 11.3 Å². The topological polar surface area (TPSA) is 65.5 Å². The molecule has 2 aromatic heterocycles. The molecule has 4 rings (SSSR count). The van der Waals surface area contributed by atoms with E-state index >= 15 is 0 Å². The number of hydrogen-bond acceptors (Lipinski definition) is 5. The number of carbonyl (C=O) groups excluding carboxylic acids is 2. The zero-order valence-corrected chi connectivity index (χ0v) is 16.2. The molecule has 142 valence electrons. The standard InChI is InChI=1S/C20H24N4O2S/c1-14(25)22-17-6-4-8-21-19(17)24-9-3-2-5-15-11-23(12-18(15)24)20(26)16-7-10-27-13-16/h4,6-8,10,13,15,18H,2-3,5,9,11-12H2,1H3,(H,22,25)/t15-,18+/m1/s1. The number of aromatic nitrogens is 1. The van der Waals surface area contributed by atoms with Gasteiger partial charge in [0.1, 0.15) is 0 Å². The Labute approximate surface area is 163 Å². The number of nitrogens with zero attached hydrogens (tertiary/aromatic N) is 3. The number of likely N-dealkylation sites (tertiary alicyclic amines) is 1. The Morgan fingerprint density at radius 3 is 2.93 bits per heavy atom. The van der Waals surface area contributed by atoms with Crippen molar-refractivity contribution in [3.05, 3.63) is 40.7 Å². The lowest BCUT2D eigenvalue weighted by molar-refractivity contribution is -0.114. The second-order valence-corrected chi connectivity index (χ2v) is 8.07. The zero-order valence-electron chi connectivity index (χ0n) is 15.4. The third-order valence-corrected chi connectivity index (χ3v) is 6.14. The summed E-state index contributed by atoms with van der Waals surface area (Å²) >= 11 is 1.55. The van der Waals surface area contributed by atoms with Crippen LogP contribution < -0.4 is 10.2 Å². The van der Waals surface area contributed by atoms with Gasteiger partial charge >= 0.3 is 0 Å². The van der Waals surface area contributed by atoms with Crippen LogP contribution in [-0.4, -0.2) is 47.4 Å². The van der Waals surface area contributed by atoms with E-state index in [1.165, 1.54) is 6.92 Å². The summed E-state index contributed by atoms with van der Waals surface area (Å²) in [5, 5.41) is 6.77. The molecule has 0 radical (unpaired) electrons. The molecule has 2 amide bonds. The smallest absolute Gasteiger partial charge is 0.254 e. The highest BCUT2D eigenvalue weighted by Gasteiger charge is 2.40. The first-order valence-electron chi connectivity index (χ1n) is 9.44. The molecule has 2 atom stereocenters. The first-order valence-corrected chi connectivity index (χ1v) is 10.4. The summed E-state index contributed by atoms with van der Waals surface area (Å²) in [5.41, 5.74) is 1.52. The van der Waals surface area contributed by atoms with Crippen molar-refractivity contribution in [3.8, 4) is 0 Å². The monoisotopic (exact) mass is 384 g/mol. The Morgan fingerprint density at radius 1 is 1.26 bits per heavy atom. The largest absolute Gasteiger partial charge is 0.350 e.